The van der Waals surface area contributed by atoms with Gasteiger partial charge in [0.05, 0.1) is 0 Å². The number of nitrogens with zero attached hydrogens (tertiary/aromatic N) is 1. The molecule has 2 bridgehead atoms. The lowest BCUT2D eigenvalue weighted by molar-refractivity contribution is 0.106. The van der Waals surface area contributed by atoms with Crippen molar-refractivity contribution in [2.24, 2.45) is 5.73 Å². The first-order valence-corrected chi connectivity index (χ1v) is 9.01. The summed E-state index contributed by atoms with van der Waals surface area (Å²) in [4.78, 5) is 2.85. The second-order valence-electron chi connectivity index (χ2n) is 6.74. The fraction of sp³-hybridized carbons (Fsp3) is 1.00. The van der Waals surface area contributed by atoms with Gasteiger partial charge in [0.15, 0.2) is 0 Å². The van der Waals surface area contributed by atoms with Crippen LogP contribution in [0.25, 0.3) is 0 Å². The van der Waals surface area contributed by atoms with Crippen molar-refractivity contribution in [3.05, 3.63) is 0 Å². The lowest BCUT2D eigenvalue weighted by Crippen LogP contribution is -2.52. The maximum absolute atomic E-state index is 6.18. The molecule has 2 aliphatic heterocycles. The second kappa shape index (κ2) is 5.34. The van der Waals surface area contributed by atoms with Gasteiger partial charge < -0.3 is 5.73 Å². The van der Waals surface area contributed by atoms with Gasteiger partial charge >= 0.3 is 0 Å². The Morgan fingerprint density at radius 2 is 1.72 bits per heavy atom. The van der Waals surface area contributed by atoms with Crippen LogP contribution in [0.3, 0.4) is 0 Å². The van der Waals surface area contributed by atoms with Crippen LogP contribution in [-0.4, -0.2) is 40.6 Å². The summed E-state index contributed by atoms with van der Waals surface area (Å²) in [6, 6.07) is 2.10. The molecule has 0 spiro atoms. The zero-order chi connectivity index (χ0) is 12.6. The Hall–Kier alpha value is 0.270. The first kappa shape index (κ1) is 13.3. The maximum Gasteiger partial charge on any atom is 0.0284 e. The highest BCUT2D eigenvalue weighted by molar-refractivity contribution is 8.00. The monoisotopic (exact) mass is 268 g/mol. The molecule has 3 fully saturated rings. The predicted octanol–water partition coefficient (Wildman–Crippen LogP) is 3.01. The van der Waals surface area contributed by atoms with E-state index in [2.05, 4.69) is 22.9 Å². The molecule has 2 unspecified atom stereocenters. The quantitative estimate of drug-likeness (QED) is 0.853. The third kappa shape index (κ3) is 2.46. The summed E-state index contributed by atoms with van der Waals surface area (Å²) in [6.07, 6.45) is 14.9. The Morgan fingerprint density at radius 1 is 1.11 bits per heavy atom. The van der Waals surface area contributed by atoms with Gasteiger partial charge in [-0.05, 0) is 44.8 Å². The number of hydrogen-bond acceptors (Lipinski definition) is 3. The van der Waals surface area contributed by atoms with Crippen molar-refractivity contribution in [2.75, 3.05) is 12.8 Å². The van der Waals surface area contributed by atoms with Crippen molar-refractivity contribution in [1.29, 1.82) is 0 Å². The third-order valence-corrected chi connectivity index (χ3v) is 6.99. The van der Waals surface area contributed by atoms with Crippen LogP contribution >= 0.6 is 11.8 Å². The molecule has 2 atom stereocenters. The number of nitrogens with two attached hydrogens (primary N) is 1. The normalized spacial score (nSPS) is 40.0. The summed E-state index contributed by atoms with van der Waals surface area (Å²) in [5.41, 5.74) is 6.18. The SMILES string of the molecule is CSC1(CN2C3CCC2CC(N)C3)CCCCC1. The van der Waals surface area contributed by atoms with E-state index in [9.17, 15) is 0 Å². The van der Waals surface area contributed by atoms with Gasteiger partial charge in [0.1, 0.15) is 0 Å². The molecule has 1 aliphatic carbocycles. The van der Waals surface area contributed by atoms with Gasteiger partial charge in [0.2, 0.25) is 0 Å². The summed E-state index contributed by atoms with van der Waals surface area (Å²) < 4.78 is 0.570. The smallest absolute Gasteiger partial charge is 0.0284 e. The van der Waals surface area contributed by atoms with Crippen molar-refractivity contribution in [3.8, 4) is 0 Å². The highest BCUT2D eigenvalue weighted by Gasteiger charge is 2.43. The van der Waals surface area contributed by atoms with Crippen molar-refractivity contribution >= 4 is 11.8 Å². The lowest BCUT2D eigenvalue weighted by Gasteiger charge is -2.45. The molecule has 2 heterocycles. The molecule has 104 valence electrons. The van der Waals surface area contributed by atoms with E-state index in [1.54, 1.807) is 0 Å². The van der Waals surface area contributed by atoms with Gasteiger partial charge in [-0.25, -0.2) is 0 Å². The second-order valence-corrected chi connectivity index (χ2v) is 8.01. The van der Waals surface area contributed by atoms with Gasteiger partial charge in [-0.3, -0.25) is 4.90 Å². The minimum Gasteiger partial charge on any atom is -0.328 e. The fourth-order valence-electron chi connectivity index (χ4n) is 4.53. The molecule has 1 saturated carbocycles. The number of fused-ring (bicyclic) bond motifs is 2. The van der Waals surface area contributed by atoms with Crippen LogP contribution in [0.2, 0.25) is 0 Å². The maximum atomic E-state index is 6.18. The van der Waals surface area contributed by atoms with Gasteiger partial charge in [-0.2, -0.15) is 11.8 Å². The van der Waals surface area contributed by atoms with Crippen LogP contribution < -0.4 is 5.73 Å². The summed E-state index contributed by atoms with van der Waals surface area (Å²) in [5.74, 6) is 0. The molecular weight excluding hydrogens is 240 g/mol. The largest absolute Gasteiger partial charge is 0.328 e. The molecule has 0 amide bonds. The summed E-state index contributed by atoms with van der Waals surface area (Å²) in [7, 11) is 0. The number of hydrogen-bond donors (Lipinski definition) is 1. The van der Waals surface area contributed by atoms with E-state index in [0.717, 1.165) is 12.1 Å². The van der Waals surface area contributed by atoms with Crippen LogP contribution in [0, 0.1) is 0 Å². The minimum absolute atomic E-state index is 0.482. The van der Waals surface area contributed by atoms with E-state index in [4.69, 9.17) is 5.73 Å². The number of thioether (sulfide) groups is 1. The molecular formula is C15H28N2S. The minimum atomic E-state index is 0.482. The molecule has 2 saturated heterocycles. The van der Waals surface area contributed by atoms with Gasteiger partial charge in [0.25, 0.3) is 0 Å². The van der Waals surface area contributed by atoms with E-state index in [1.807, 2.05) is 0 Å². The van der Waals surface area contributed by atoms with Crippen molar-refractivity contribution in [1.82, 2.24) is 4.90 Å². The molecule has 0 radical (unpaired) electrons. The number of rotatable bonds is 3. The Kier molecular flexibility index (Phi) is 3.93. The highest BCUT2D eigenvalue weighted by Crippen LogP contribution is 2.43. The molecule has 3 aliphatic rings. The van der Waals surface area contributed by atoms with E-state index in [0.29, 0.717) is 10.8 Å². The average Bonchev–Trinajstić information content (AvgIpc) is 2.62. The molecule has 0 aromatic rings. The topological polar surface area (TPSA) is 29.3 Å². The first-order chi connectivity index (χ1) is 8.72. The Bertz CT molecular complexity index is 274. The summed E-state index contributed by atoms with van der Waals surface area (Å²) in [6.45, 7) is 1.34. The van der Waals surface area contributed by atoms with E-state index < -0.39 is 0 Å². The lowest BCUT2D eigenvalue weighted by atomic mass is 9.86. The van der Waals surface area contributed by atoms with Gasteiger partial charge in [0, 0.05) is 29.4 Å². The fourth-order valence-corrected chi connectivity index (χ4v) is 5.51. The zero-order valence-electron chi connectivity index (χ0n) is 11.7. The Morgan fingerprint density at radius 3 is 2.28 bits per heavy atom. The molecule has 0 aromatic carbocycles. The van der Waals surface area contributed by atoms with Gasteiger partial charge in [-0.15, -0.1) is 0 Å². The van der Waals surface area contributed by atoms with Gasteiger partial charge in [-0.1, -0.05) is 19.3 Å². The first-order valence-electron chi connectivity index (χ1n) is 7.79. The predicted molar refractivity (Wildman–Crippen MR) is 80.1 cm³/mol. The van der Waals surface area contributed by atoms with Crippen LogP contribution in [0.4, 0.5) is 0 Å². The van der Waals surface area contributed by atoms with Crippen LogP contribution in [0.5, 0.6) is 0 Å². The Labute approximate surface area is 116 Å². The zero-order valence-corrected chi connectivity index (χ0v) is 12.6. The Balaban J connectivity index is 1.68. The number of piperidine rings is 1. The molecule has 2 N–H and O–H groups in total. The van der Waals surface area contributed by atoms with E-state index in [1.165, 1.54) is 64.3 Å². The van der Waals surface area contributed by atoms with Crippen molar-refractivity contribution in [3.63, 3.8) is 0 Å². The van der Waals surface area contributed by atoms with Crippen LogP contribution in [0.1, 0.15) is 57.8 Å². The molecule has 3 rings (SSSR count). The van der Waals surface area contributed by atoms with Crippen molar-refractivity contribution < 1.29 is 0 Å². The van der Waals surface area contributed by atoms with E-state index in [-0.39, 0.29) is 0 Å². The molecule has 3 heteroatoms. The standard InChI is InChI=1S/C15H28N2S/c1-18-15(7-3-2-4-8-15)11-17-13-5-6-14(17)10-12(16)9-13/h12-14H,2-11,16H2,1H3. The molecule has 2 nitrogen and oxygen atoms in total. The summed E-state index contributed by atoms with van der Waals surface area (Å²) >= 11 is 2.15. The highest BCUT2D eigenvalue weighted by atomic mass is 32.2. The third-order valence-electron chi connectivity index (χ3n) is 5.59. The molecule has 18 heavy (non-hydrogen) atoms. The summed E-state index contributed by atoms with van der Waals surface area (Å²) in [5, 5.41) is 0. The van der Waals surface area contributed by atoms with Crippen LogP contribution in [0.15, 0.2) is 0 Å². The van der Waals surface area contributed by atoms with E-state index >= 15 is 0 Å². The molecule has 0 aromatic heterocycles. The van der Waals surface area contributed by atoms with Crippen molar-refractivity contribution in [2.45, 2.75) is 80.7 Å². The van der Waals surface area contributed by atoms with Crippen LogP contribution in [-0.2, 0) is 0 Å². The average molecular weight is 268 g/mol.